The number of primary amides is 1. The average molecular weight is 246 g/mol. The van der Waals surface area contributed by atoms with E-state index < -0.39 is 5.91 Å². The average Bonchev–Trinajstić information content (AvgIpc) is 2.86. The largest absolute Gasteiger partial charge is 0.497 e. The molecular weight excluding hydrogens is 232 g/mol. The summed E-state index contributed by atoms with van der Waals surface area (Å²) in [5, 5.41) is 3.79. The Labute approximate surface area is 105 Å². The molecule has 0 aliphatic carbocycles. The van der Waals surface area contributed by atoms with Crippen molar-refractivity contribution in [2.75, 3.05) is 7.11 Å². The Morgan fingerprint density at radius 3 is 2.61 bits per heavy atom. The maximum Gasteiger partial charge on any atom is 0.287 e. The predicted octanol–water partition coefficient (Wildman–Crippen LogP) is 1.57. The van der Waals surface area contributed by atoms with Crippen LogP contribution in [0.25, 0.3) is 0 Å². The highest BCUT2D eigenvalue weighted by atomic mass is 16.5. The SMILES string of the molecule is COc1ccc(CCc2cc(C(N)=O)on2)cc1. The van der Waals surface area contributed by atoms with Gasteiger partial charge in [-0.15, -0.1) is 0 Å². The summed E-state index contributed by atoms with van der Waals surface area (Å²) in [6.07, 6.45) is 1.51. The summed E-state index contributed by atoms with van der Waals surface area (Å²) in [6, 6.07) is 9.38. The zero-order valence-corrected chi connectivity index (χ0v) is 10.1. The number of amides is 1. The molecule has 0 spiro atoms. The number of carbonyl (C=O) groups is 1. The maximum atomic E-state index is 10.8. The third kappa shape index (κ3) is 2.88. The van der Waals surface area contributed by atoms with E-state index in [1.54, 1.807) is 13.2 Å². The summed E-state index contributed by atoms with van der Waals surface area (Å²) in [5.41, 5.74) is 6.97. The van der Waals surface area contributed by atoms with Crippen LogP contribution < -0.4 is 10.5 Å². The van der Waals surface area contributed by atoms with E-state index in [4.69, 9.17) is 15.0 Å². The second kappa shape index (κ2) is 5.35. The molecule has 1 aromatic heterocycles. The molecule has 0 atom stereocenters. The van der Waals surface area contributed by atoms with Gasteiger partial charge in [0.1, 0.15) is 5.75 Å². The van der Waals surface area contributed by atoms with Crippen molar-refractivity contribution in [3.63, 3.8) is 0 Å². The van der Waals surface area contributed by atoms with E-state index in [2.05, 4.69) is 5.16 Å². The zero-order valence-electron chi connectivity index (χ0n) is 10.1. The molecule has 0 bridgehead atoms. The molecule has 2 rings (SSSR count). The first-order valence-corrected chi connectivity index (χ1v) is 5.57. The molecule has 0 unspecified atom stereocenters. The summed E-state index contributed by atoms with van der Waals surface area (Å²) in [5.74, 6) is 0.328. The lowest BCUT2D eigenvalue weighted by atomic mass is 10.1. The van der Waals surface area contributed by atoms with Gasteiger partial charge < -0.3 is 15.0 Å². The molecule has 1 heterocycles. The summed E-state index contributed by atoms with van der Waals surface area (Å²) < 4.78 is 9.89. The van der Waals surface area contributed by atoms with E-state index in [0.29, 0.717) is 6.42 Å². The normalized spacial score (nSPS) is 10.3. The lowest BCUT2D eigenvalue weighted by Crippen LogP contribution is -2.09. The molecule has 0 radical (unpaired) electrons. The molecule has 0 fully saturated rings. The molecule has 0 aliphatic rings. The highest BCUT2D eigenvalue weighted by molar-refractivity contribution is 5.89. The van der Waals surface area contributed by atoms with E-state index in [9.17, 15) is 4.79 Å². The first-order chi connectivity index (χ1) is 8.69. The van der Waals surface area contributed by atoms with Gasteiger partial charge in [-0.3, -0.25) is 4.79 Å². The van der Waals surface area contributed by atoms with Crippen LogP contribution in [0.5, 0.6) is 5.75 Å². The van der Waals surface area contributed by atoms with Crippen molar-refractivity contribution in [2.45, 2.75) is 12.8 Å². The third-order valence-electron chi connectivity index (χ3n) is 2.63. The van der Waals surface area contributed by atoms with Crippen LogP contribution in [0.1, 0.15) is 21.8 Å². The van der Waals surface area contributed by atoms with E-state index >= 15 is 0 Å². The molecule has 2 aromatic rings. The fourth-order valence-corrected chi connectivity index (χ4v) is 1.61. The molecule has 0 aliphatic heterocycles. The fourth-order valence-electron chi connectivity index (χ4n) is 1.61. The Balaban J connectivity index is 1.95. The van der Waals surface area contributed by atoms with Gasteiger partial charge in [0.25, 0.3) is 5.91 Å². The minimum absolute atomic E-state index is 0.0970. The van der Waals surface area contributed by atoms with E-state index in [1.807, 2.05) is 24.3 Å². The molecule has 18 heavy (non-hydrogen) atoms. The number of nitrogens with zero attached hydrogens (tertiary/aromatic N) is 1. The highest BCUT2D eigenvalue weighted by Crippen LogP contribution is 2.13. The Kier molecular flexibility index (Phi) is 3.62. The van der Waals surface area contributed by atoms with Crippen LogP contribution >= 0.6 is 0 Å². The number of rotatable bonds is 5. The van der Waals surface area contributed by atoms with Gasteiger partial charge in [-0.05, 0) is 30.5 Å². The van der Waals surface area contributed by atoms with Crippen molar-refractivity contribution >= 4 is 5.91 Å². The number of hydrogen-bond acceptors (Lipinski definition) is 4. The Morgan fingerprint density at radius 2 is 2.06 bits per heavy atom. The molecule has 5 heteroatoms. The Hall–Kier alpha value is -2.30. The summed E-state index contributed by atoms with van der Waals surface area (Å²) in [6.45, 7) is 0. The van der Waals surface area contributed by atoms with Gasteiger partial charge >= 0.3 is 0 Å². The first-order valence-electron chi connectivity index (χ1n) is 5.57. The number of aromatic nitrogens is 1. The number of nitrogens with two attached hydrogens (primary N) is 1. The van der Waals surface area contributed by atoms with Crippen LogP contribution in [-0.2, 0) is 12.8 Å². The van der Waals surface area contributed by atoms with E-state index in [0.717, 1.165) is 17.9 Å². The predicted molar refractivity (Wildman–Crippen MR) is 65.4 cm³/mol. The quantitative estimate of drug-likeness (QED) is 0.868. The number of benzene rings is 1. The third-order valence-corrected chi connectivity index (χ3v) is 2.63. The van der Waals surface area contributed by atoms with Gasteiger partial charge in [0.05, 0.1) is 12.8 Å². The van der Waals surface area contributed by atoms with E-state index in [-0.39, 0.29) is 5.76 Å². The Bertz CT molecular complexity index is 531. The van der Waals surface area contributed by atoms with Crippen LogP contribution in [0, 0.1) is 0 Å². The molecule has 0 saturated carbocycles. The van der Waals surface area contributed by atoms with Crippen LogP contribution in [0.4, 0.5) is 0 Å². The van der Waals surface area contributed by atoms with Gasteiger partial charge in [-0.25, -0.2) is 0 Å². The molecular formula is C13H14N2O3. The minimum Gasteiger partial charge on any atom is -0.497 e. The summed E-state index contributed by atoms with van der Waals surface area (Å²) in [4.78, 5) is 10.8. The van der Waals surface area contributed by atoms with Crippen LogP contribution in [-0.4, -0.2) is 18.2 Å². The standard InChI is InChI=1S/C13H14N2O3/c1-17-11-6-3-9(4-7-11)2-5-10-8-12(13(14)16)18-15-10/h3-4,6-8H,2,5H2,1H3,(H2,14,16). The number of carbonyl (C=O) groups excluding carboxylic acids is 1. The van der Waals surface area contributed by atoms with Gasteiger partial charge in [0, 0.05) is 6.07 Å². The van der Waals surface area contributed by atoms with Crippen molar-refractivity contribution in [3.05, 3.63) is 47.3 Å². The van der Waals surface area contributed by atoms with Crippen LogP contribution in [0.15, 0.2) is 34.9 Å². The molecule has 1 aromatic carbocycles. The summed E-state index contributed by atoms with van der Waals surface area (Å²) >= 11 is 0. The van der Waals surface area contributed by atoms with Crippen molar-refractivity contribution < 1.29 is 14.1 Å². The summed E-state index contributed by atoms with van der Waals surface area (Å²) in [7, 11) is 1.63. The van der Waals surface area contributed by atoms with Crippen molar-refractivity contribution in [1.82, 2.24) is 5.16 Å². The zero-order chi connectivity index (χ0) is 13.0. The molecule has 1 amide bonds. The van der Waals surface area contributed by atoms with Gasteiger partial charge in [-0.1, -0.05) is 17.3 Å². The van der Waals surface area contributed by atoms with Crippen LogP contribution in [0.2, 0.25) is 0 Å². The second-order valence-corrected chi connectivity index (χ2v) is 3.89. The van der Waals surface area contributed by atoms with E-state index in [1.165, 1.54) is 5.56 Å². The molecule has 0 saturated heterocycles. The topological polar surface area (TPSA) is 78.4 Å². The number of hydrogen-bond donors (Lipinski definition) is 1. The van der Waals surface area contributed by atoms with Crippen molar-refractivity contribution in [1.29, 1.82) is 0 Å². The van der Waals surface area contributed by atoms with Crippen molar-refractivity contribution in [3.8, 4) is 5.75 Å². The monoisotopic (exact) mass is 246 g/mol. The number of methoxy groups -OCH3 is 1. The first kappa shape index (κ1) is 12.2. The fraction of sp³-hybridized carbons (Fsp3) is 0.231. The lowest BCUT2D eigenvalue weighted by molar-refractivity contribution is 0.0965. The van der Waals surface area contributed by atoms with Gasteiger partial charge in [0.15, 0.2) is 0 Å². The molecule has 5 nitrogen and oxygen atoms in total. The number of aryl methyl sites for hydroxylation is 2. The van der Waals surface area contributed by atoms with Gasteiger partial charge in [0.2, 0.25) is 5.76 Å². The smallest absolute Gasteiger partial charge is 0.287 e. The van der Waals surface area contributed by atoms with Crippen molar-refractivity contribution in [2.24, 2.45) is 5.73 Å². The molecule has 2 N–H and O–H groups in total. The minimum atomic E-state index is -0.599. The Morgan fingerprint density at radius 1 is 1.33 bits per heavy atom. The maximum absolute atomic E-state index is 10.8. The number of ether oxygens (including phenoxy) is 1. The van der Waals surface area contributed by atoms with Gasteiger partial charge in [-0.2, -0.15) is 0 Å². The second-order valence-electron chi connectivity index (χ2n) is 3.89. The van der Waals surface area contributed by atoms with Crippen LogP contribution in [0.3, 0.4) is 0 Å². The molecule has 94 valence electrons. The lowest BCUT2D eigenvalue weighted by Gasteiger charge is -2.01. The highest BCUT2D eigenvalue weighted by Gasteiger charge is 2.08.